The van der Waals surface area contributed by atoms with Crippen molar-refractivity contribution in [1.82, 2.24) is 0 Å². The number of nitrogens with zero attached hydrogens (tertiary/aromatic N) is 1. The number of carbonyl (C=O) groups is 1. The van der Waals surface area contributed by atoms with Gasteiger partial charge < -0.3 is 15.0 Å². The van der Waals surface area contributed by atoms with Crippen LogP contribution in [0.3, 0.4) is 0 Å². The van der Waals surface area contributed by atoms with Gasteiger partial charge in [-0.3, -0.25) is 4.79 Å². The smallest absolute Gasteiger partial charge is 0.387 e. The van der Waals surface area contributed by atoms with Gasteiger partial charge in [-0.05, 0) is 67.3 Å². The second kappa shape index (κ2) is 9.16. The predicted molar refractivity (Wildman–Crippen MR) is 103 cm³/mol. The maximum atomic E-state index is 12.1. The fourth-order valence-corrected chi connectivity index (χ4v) is 3.02. The quantitative estimate of drug-likeness (QED) is 0.731. The largest absolute Gasteiger partial charge is 0.435 e. The Labute approximate surface area is 157 Å². The molecule has 3 rings (SSSR count). The van der Waals surface area contributed by atoms with E-state index in [1.54, 1.807) is 18.2 Å². The molecule has 1 amide bonds. The van der Waals surface area contributed by atoms with Crippen LogP contribution in [-0.2, 0) is 4.79 Å². The molecule has 0 unspecified atom stereocenters. The first-order chi connectivity index (χ1) is 13.1. The zero-order chi connectivity index (χ0) is 19.1. The predicted octanol–water partition coefficient (Wildman–Crippen LogP) is 4.93. The second-order valence-electron chi connectivity index (χ2n) is 6.36. The molecule has 142 valence electrons. The third-order valence-corrected chi connectivity index (χ3v) is 4.39. The molecule has 1 aliphatic rings. The highest BCUT2D eigenvalue weighted by Gasteiger charge is 2.10. The molecule has 4 nitrogen and oxygen atoms in total. The van der Waals surface area contributed by atoms with E-state index in [1.165, 1.54) is 43.2 Å². The Morgan fingerprint density at radius 2 is 1.67 bits per heavy atom. The Morgan fingerprint density at radius 1 is 1.00 bits per heavy atom. The van der Waals surface area contributed by atoms with E-state index in [9.17, 15) is 13.6 Å². The summed E-state index contributed by atoms with van der Waals surface area (Å²) in [6, 6.07) is 13.9. The minimum Gasteiger partial charge on any atom is -0.435 e. The summed E-state index contributed by atoms with van der Waals surface area (Å²) >= 11 is 0. The molecule has 0 saturated carbocycles. The van der Waals surface area contributed by atoms with Crippen LogP contribution in [-0.4, -0.2) is 25.6 Å². The second-order valence-corrected chi connectivity index (χ2v) is 6.36. The Morgan fingerprint density at radius 3 is 2.30 bits per heavy atom. The van der Waals surface area contributed by atoms with Gasteiger partial charge in [0.25, 0.3) is 0 Å². The van der Waals surface area contributed by atoms with Crippen molar-refractivity contribution in [2.24, 2.45) is 0 Å². The van der Waals surface area contributed by atoms with E-state index in [0.29, 0.717) is 5.56 Å². The number of hydrogen-bond donors (Lipinski definition) is 1. The average molecular weight is 372 g/mol. The lowest BCUT2D eigenvalue weighted by atomic mass is 10.1. The van der Waals surface area contributed by atoms with Crippen LogP contribution in [0.1, 0.15) is 24.8 Å². The molecule has 1 saturated heterocycles. The summed E-state index contributed by atoms with van der Waals surface area (Å²) in [5.41, 5.74) is 2.62. The lowest BCUT2D eigenvalue weighted by Crippen LogP contribution is -2.29. The number of piperidine rings is 1. The monoisotopic (exact) mass is 372 g/mol. The fourth-order valence-electron chi connectivity index (χ4n) is 3.02. The van der Waals surface area contributed by atoms with Gasteiger partial charge in [0.2, 0.25) is 5.91 Å². The third kappa shape index (κ3) is 5.81. The molecule has 1 N–H and O–H groups in total. The lowest BCUT2D eigenvalue weighted by molar-refractivity contribution is -0.111. The summed E-state index contributed by atoms with van der Waals surface area (Å²) in [4.78, 5) is 14.4. The zero-order valence-electron chi connectivity index (χ0n) is 14.9. The van der Waals surface area contributed by atoms with Crippen LogP contribution in [0.5, 0.6) is 5.75 Å². The third-order valence-electron chi connectivity index (χ3n) is 4.39. The topological polar surface area (TPSA) is 41.6 Å². The minimum atomic E-state index is -2.85. The molecule has 0 atom stereocenters. The van der Waals surface area contributed by atoms with Gasteiger partial charge in [-0.2, -0.15) is 8.78 Å². The van der Waals surface area contributed by atoms with Crippen molar-refractivity contribution in [3.05, 3.63) is 60.2 Å². The molecule has 27 heavy (non-hydrogen) atoms. The van der Waals surface area contributed by atoms with Crippen LogP contribution in [0.15, 0.2) is 54.6 Å². The summed E-state index contributed by atoms with van der Waals surface area (Å²) in [5, 5.41) is 2.81. The van der Waals surface area contributed by atoms with Crippen molar-refractivity contribution < 1.29 is 18.3 Å². The molecule has 1 heterocycles. The minimum absolute atomic E-state index is 0.0837. The number of halogens is 2. The van der Waals surface area contributed by atoms with Gasteiger partial charge in [0.1, 0.15) is 5.75 Å². The first-order valence-corrected chi connectivity index (χ1v) is 8.99. The van der Waals surface area contributed by atoms with Crippen molar-refractivity contribution in [2.45, 2.75) is 25.9 Å². The fraction of sp³-hybridized carbons (Fsp3) is 0.286. The summed E-state index contributed by atoms with van der Waals surface area (Å²) in [6.45, 7) is -0.691. The number of benzene rings is 2. The van der Waals surface area contributed by atoms with E-state index in [2.05, 4.69) is 15.0 Å². The van der Waals surface area contributed by atoms with E-state index in [-0.39, 0.29) is 11.7 Å². The summed E-state index contributed by atoms with van der Waals surface area (Å²) in [5.74, 6) is -0.172. The van der Waals surface area contributed by atoms with E-state index >= 15 is 0 Å². The van der Waals surface area contributed by atoms with Crippen LogP contribution >= 0.6 is 0 Å². The van der Waals surface area contributed by atoms with Crippen molar-refractivity contribution >= 4 is 23.4 Å². The Bertz CT molecular complexity index is 768. The molecule has 6 heteroatoms. The number of anilines is 2. The highest BCUT2D eigenvalue weighted by atomic mass is 19.3. The number of ether oxygens (including phenoxy) is 1. The molecular weight excluding hydrogens is 350 g/mol. The summed E-state index contributed by atoms with van der Waals surface area (Å²) < 4.78 is 28.5. The molecular formula is C21H22F2N2O2. The van der Waals surface area contributed by atoms with Gasteiger partial charge in [0, 0.05) is 30.5 Å². The van der Waals surface area contributed by atoms with E-state index < -0.39 is 6.61 Å². The van der Waals surface area contributed by atoms with Crippen LogP contribution < -0.4 is 15.0 Å². The molecule has 0 bridgehead atoms. The molecule has 0 spiro atoms. The van der Waals surface area contributed by atoms with Crippen molar-refractivity contribution in [3.63, 3.8) is 0 Å². The number of hydrogen-bond acceptors (Lipinski definition) is 3. The Balaban J connectivity index is 1.53. The van der Waals surface area contributed by atoms with E-state index in [0.717, 1.165) is 18.8 Å². The maximum Gasteiger partial charge on any atom is 0.387 e. The van der Waals surface area contributed by atoms with Crippen LogP contribution in [0.2, 0.25) is 0 Å². The van der Waals surface area contributed by atoms with Gasteiger partial charge >= 0.3 is 6.61 Å². The van der Waals surface area contributed by atoms with Gasteiger partial charge in [0.15, 0.2) is 0 Å². The number of carbonyl (C=O) groups excluding carboxylic acids is 1. The normalized spacial score (nSPS) is 14.6. The molecule has 0 aliphatic carbocycles. The SMILES string of the molecule is O=C(/C=C/c1ccc(OC(F)F)cc1)Nc1ccc(N2CCCCC2)cc1. The maximum absolute atomic E-state index is 12.1. The molecule has 1 aliphatic heterocycles. The van der Waals surface area contributed by atoms with Gasteiger partial charge in [-0.25, -0.2) is 0 Å². The molecule has 2 aromatic rings. The molecule has 0 radical (unpaired) electrons. The standard InChI is InChI=1S/C21H22F2N2O2/c22-21(23)27-19-11-4-16(5-12-19)6-13-20(26)24-17-7-9-18(10-8-17)25-14-2-1-3-15-25/h4-13,21H,1-3,14-15H2,(H,24,26)/b13-6+. The Kier molecular flexibility index (Phi) is 6.41. The van der Waals surface area contributed by atoms with Crippen LogP contribution in [0.4, 0.5) is 20.2 Å². The average Bonchev–Trinajstić information content (AvgIpc) is 2.68. The number of amides is 1. The Hall–Kier alpha value is -2.89. The van der Waals surface area contributed by atoms with Gasteiger partial charge in [-0.1, -0.05) is 12.1 Å². The lowest BCUT2D eigenvalue weighted by Gasteiger charge is -2.28. The van der Waals surface area contributed by atoms with Crippen molar-refractivity contribution in [3.8, 4) is 5.75 Å². The van der Waals surface area contributed by atoms with Crippen molar-refractivity contribution in [1.29, 1.82) is 0 Å². The molecule has 2 aromatic carbocycles. The molecule has 1 fully saturated rings. The molecule has 0 aromatic heterocycles. The van der Waals surface area contributed by atoms with Gasteiger partial charge in [0.05, 0.1) is 0 Å². The highest BCUT2D eigenvalue weighted by Crippen LogP contribution is 2.22. The number of nitrogens with one attached hydrogen (secondary N) is 1. The number of alkyl halides is 2. The number of rotatable bonds is 6. The van der Waals surface area contributed by atoms with Crippen LogP contribution in [0, 0.1) is 0 Å². The van der Waals surface area contributed by atoms with Crippen molar-refractivity contribution in [2.75, 3.05) is 23.3 Å². The van der Waals surface area contributed by atoms with E-state index in [4.69, 9.17) is 0 Å². The summed E-state index contributed by atoms with van der Waals surface area (Å²) in [7, 11) is 0. The first-order valence-electron chi connectivity index (χ1n) is 8.99. The first kappa shape index (κ1) is 18.9. The highest BCUT2D eigenvalue weighted by molar-refractivity contribution is 6.02. The summed E-state index contributed by atoms with van der Waals surface area (Å²) in [6.07, 6.45) is 6.75. The van der Waals surface area contributed by atoms with Crippen LogP contribution in [0.25, 0.3) is 6.08 Å². The zero-order valence-corrected chi connectivity index (χ0v) is 14.9. The van der Waals surface area contributed by atoms with Gasteiger partial charge in [-0.15, -0.1) is 0 Å². The van der Waals surface area contributed by atoms with E-state index in [1.807, 2.05) is 24.3 Å².